The van der Waals surface area contributed by atoms with Gasteiger partial charge in [0.1, 0.15) is 11.6 Å². The monoisotopic (exact) mass is 645 g/mol. The third kappa shape index (κ3) is 4.83. The number of rotatable bonds is 6. The van der Waals surface area contributed by atoms with E-state index in [0.29, 0.717) is 0 Å². The topological polar surface area (TPSA) is 86.9 Å². The average molecular weight is 646 g/mol. The molecule has 0 amide bonds. The molecule has 0 fully saturated rings. The predicted octanol–water partition coefficient (Wildman–Crippen LogP) is 9.75. The fraction of sp³-hybridized carbons (Fsp3) is 0.0233. The fourth-order valence-electron chi connectivity index (χ4n) is 6.97. The van der Waals surface area contributed by atoms with Crippen LogP contribution in [0.15, 0.2) is 157 Å². The van der Waals surface area contributed by atoms with Gasteiger partial charge in [-0.3, -0.25) is 9.13 Å². The van der Waals surface area contributed by atoms with Gasteiger partial charge < -0.3 is 5.73 Å². The molecule has 9 aromatic rings. The first-order valence-corrected chi connectivity index (χ1v) is 16.5. The van der Waals surface area contributed by atoms with Crippen molar-refractivity contribution in [3.63, 3.8) is 0 Å². The molecule has 0 saturated heterocycles. The molecular formula is C43H31N7. The van der Waals surface area contributed by atoms with E-state index in [4.69, 9.17) is 20.7 Å². The highest BCUT2D eigenvalue weighted by molar-refractivity contribution is 6.10. The zero-order valence-corrected chi connectivity index (χ0v) is 27.3. The molecule has 0 radical (unpaired) electrons. The molecule has 2 N–H and O–H groups in total. The van der Waals surface area contributed by atoms with Crippen LogP contribution < -0.4 is 5.73 Å². The van der Waals surface area contributed by atoms with Crippen molar-refractivity contribution < 1.29 is 0 Å². The molecule has 0 aliphatic heterocycles. The summed E-state index contributed by atoms with van der Waals surface area (Å²) in [6, 6.07) is 50.1. The Morgan fingerprint density at radius 1 is 0.500 bits per heavy atom. The van der Waals surface area contributed by atoms with E-state index < -0.39 is 0 Å². The minimum Gasteiger partial charge on any atom is -0.390 e. The second kappa shape index (κ2) is 12.0. The summed E-state index contributed by atoms with van der Waals surface area (Å²) in [6.07, 6.45) is 3.05. The average Bonchev–Trinajstić information content (AvgIpc) is 3.70. The van der Waals surface area contributed by atoms with Crippen molar-refractivity contribution in [1.82, 2.24) is 24.1 Å². The largest absolute Gasteiger partial charge is 0.390 e. The van der Waals surface area contributed by atoms with E-state index in [1.54, 1.807) is 6.20 Å². The van der Waals surface area contributed by atoms with Crippen LogP contribution in [0.2, 0.25) is 0 Å². The summed E-state index contributed by atoms with van der Waals surface area (Å²) >= 11 is 0. The third-order valence-corrected chi connectivity index (χ3v) is 9.25. The van der Waals surface area contributed by atoms with Gasteiger partial charge in [0.15, 0.2) is 0 Å². The third-order valence-electron chi connectivity index (χ3n) is 9.25. The summed E-state index contributed by atoms with van der Waals surface area (Å²) in [7, 11) is 0. The maximum Gasteiger partial charge on any atom is 0.138 e. The Hall–Kier alpha value is -6.86. The second-order valence-corrected chi connectivity index (χ2v) is 12.2. The summed E-state index contributed by atoms with van der Waals surface area (Å²) in [5.74, 6) is 1.64. The van der Waals surface area contributed by atoms with Crippen molar-refractivity contribution in [3.8, 4) is 34.4 Å². The van der Waals surface area contributed by atoms with Crippen LogP contribution in [0.3, 0.4) is 0 Å². The molecule has 0 aliphatic carbocycles. The zero-order valence-electron chi connectivity index (χ0n) is 27.3. The first-order valence-electron chi connectivity index (χ1n) is 16.5. The van der Waals surface area contributed by atoms with Crippen LogP contribution >= 0.6 is 0 Å². The van der Waals surface area contributed by atoms with Crippen LogP contribution in [0, 0.1) is 0 Å². The highest BCUT2D eigenvalue weighted by atomic mass is 15.1. The summed E-state index contributed by atoms with van der Waals surface area (Å²) in [5.41, 5.74) is 14.9. The molecule has 0 aliphatic rings. The van der Waals surface area contributed by atoms with Gasteiger partial charge in [-0.1, -0.05) is 84.9 Å². The van der Waals surface area contributed by atoms with Crippen LogP contribution in [0.25, 0.3) is 83.6 Å². The van der Waals surface area contributed by atoms with Crippen molar-refractivity contribution >= 4 is 55.5 Å². The van der Waals surface area contributed by atoms with Gasteiger partial charge in [-0.05, 0) is 78.7 Å². The molecule has 5 heterocycles. The number of benzene rings is 4. The zero-order chi connectivity index (χ0) is 33.6. The number of aromatic nitrogens is 5. The van der Waals surface area contributed by atoms with Gasteiger partial charge in [-0.2, -0.15) is 0 Å². The molecule has 0 unspecified atom stereocenters. The summed E-state index contributed by atoms with van der Waals surface area (Å²) in [6.45, 7) is 2.01. The number of nitrogens with two attached hydrogens (primary N) is 1. The van der Waals surface area contributed by atoms with Gasteiger partial charge in [0, 0.05) is 27.7 Å². The Morgan fingerprint density at radius 3 is 1.30 bits per heavy atom. The van der Waals surface area contributed by atoms with E-state index in [1.807, 2.05) is 43.3 Å². The molecule has 0 saturated carbocycles. The molecule has 0 spiro atoms. The molecule has 0 atom stereocenters. The normalized spacial score (nSPS) is 12.2. The molecule has 7 heteroatoms. The van der Waals surface area contributed by atoms with E-state index in [9.17, 15) is 0 Å². The van der Waals surface area contributed by atoms with Crippen molar-refractivity contribution in [2.24, 2.45) is 10.7 Å². The lowest BCUT2D eigenvalue weighted by atomic mass is 10.0. The lowest BCUT2D eigenvalue weighted by molar-refractivity contribution is 1.07. The number of aliphatic imine (C=N–C) groups is 1. The van der Waals surface area contributed by atoms with Gasteiger partial charge in [0.2, 0.25) is 0 Å². The van der Waals surface area contributed by atoms with Gasteiger partial charge in [-0.25, -0.2) is 19.9 Å². The number of para-hydroxylation sites is 4. The molecule has 9 rings (SSSR count). The number of allylic oxidation sites excluding steroid dienone is 1. The van der Waals surface area contributed by atoms with E-state index >= 15 is 0 Å². The van der Waals surface area contributed by atoms with Crippen molar-refractivity contribution in [2.75, 3.05) is 0 Å². The van der Waals surface area contributed by atoms with E-state index in [1.165, 1.54) is 27.9 Å². The quantitative estimate of drug-likeness (QED) is 0.144. The molecule has 7 nitrogen and oxygen atoms in total. The van der Waals surface area contributed by atoms with E-state index in [-0.39, 0.29) is 0 Å². The molecule has 50 heavy (non-hydrogen) atoms. The molecule has 5 aromatic heterocycles. The summed E-state index contributed by atoms with van der Waals surface area (Å²) in [4.78, 5) is 19.8. The van der Waals surface area contributed by atoms with Crippen molar-refractivity contribution in [3.05, 3.63) is 157 Å². The Labute approximate surface area is 288 Å². The highest BCUT2D eigenvalue weighted by Gasteiger charge is 2.17. The molecule has 4 aromatic carbocycles. The SMILES string of the molecule is C/C(=C\N=C/N)c1cc(-c2cccc(-n3c4ccccc4c4ccccc43)n2)nc(-c2cccc(-n3c4ccccc4c4ccccc43)n2)c1. The number of hydrogen-bond acceptors (Lipinski definition) is 4. The maximum atomic E-state index is 5.61. The number of nitrogens with zero attached hydrogens (tertiary/aromatic N) is 6. The summed E-state index contributed by atoms with van der Waals surface area (Å²) < 4.78 is 4.44. The smallest absolute Gasteiger partial charge is 0.138 e. The minimum atomic E-state index is 0.730. The van der Waals surface area contributed by atoms with Gasteiger partial charge in [0.25, 0.3) is 0 Å². The van der Waals surface area contributed by atoms with E-state index in [2.05, 4.69) is 123 Å². The van der Waals surface area contributed by atoms with Crippen LogP contribution in [0.1, 0.15) is 12.5 Å². The van der Waals surface area contributed by atoms with Crippen LogP contribution in [-0.4, -0.2) is 30.4 Å². The first kappa shape index (κ1) is 29.3. The Morgan fingerprint density at radius 2 is 0.900 bits per heavy atom. The lowest BCUT2D eigenvalue weighted by Crippen LogP contribution is -2.01. The molecule has 0 bridgehead atoms. The van der Waals surface area contributed by atoms with Crippen molar-refractivity contribution in [2.45, 2.75) is 6.92 Å². The van der Waals surface area contributed by atoms with E-state index in [0.717, 1.165) is 67.6 Å². The first-order chi connectivity index (χ1) is 24.7. The highest BCUT2D eigenvalue weighted by Crippen LogP contribution is 2.34. The van der Waals surface area contributed by atoms with Crippen molar-refractivity contribution in [1.29, 1.82) is 0 Å². The van der Waals surface area contributed by atoms with Crippen LogP contribution in [0.4, 0.5) is 0 Å². The van der Waals surface area contributed by atoms with Gasteiger partial charge in [-0.15, -0.1) is 0 Å². The minimum absolute atomic E-state index is 0.730. The maximum absolute atomic E-state index is 5.61. The summed E-state index contributed by atoms with van der Waals surface area (Å²) in [5, 5.41) is 4.75. The predicted molar refractivity (Wildman–Crippen MR) is 206 cm³/mol. The van der Waals surface area contributed by atoms with Crippen LogP contribution in [-0.2, 0) is 0 Å². The Kier molecular flexibility index (Phi) is 7.02. The number of pyridine rings is 3. The number of hydrogen-bond donors (Lipinski definition) is 1. The Balaban J connectivity index is 1.22. The van der Waals surface area contributed by atoms with Gasteiger partial charge >= 0.3 is 0 Å². The van der Waals surface area contributed by atoms with Gasteiger partial charge in [0.05, 0.1) is 51.2 Å². The fourth-order valence-corrected chi connectivity index (χ4v) is 6.97. The molecular weight excluding hydrogens is 615 g/mol. The standard InChI is InChI=1S/C43H31N7/c1-28(26-45-27-44)29-24-36(34-16-10-22-42(47-34)49-38-18-6-2-12-30(38)31-13-3-7-19-39(31)49)46-37(25-29)35-17-11-23-43(48-35)50-40-20-8-4-14-32(40)33-15-5-9-21-41(33)50/h2-27H,1H3,(H2,44,45)/b28-26+. The van der Waals surface area contributed by atoms with Crippen LogP contribution in [0.5, 0.6) is 0 Å². The number of fused-ring (bicyclic) bond motifs is 6. The lowest BCUT2D eigenvalue weighted by Gasteiger charge is -2.13. The Bertz CT molecular complexity index is 2520. The second-order valence-electron chi connectivity index (χ2n) is 12.2. The molecule has 238 valence electrons.